The van der Waals surface area contributed by atoms with Crippen molar-refractivity contribution in [1.82, 2.24) is 0 Å². The molecule has 1 atom stereocenters. The van der Waals surface area contributed by atoms with E-state index in [4.69, 9.17) is 5.73 Å². The minimum absolute atomic E-state index is 0.490. The van der Waals surface area contributed by atoms with Crippen molar-refractivity contribution in [3.05, 3.63) is 59.2 Å². The Hall–Kier alpha value is -2.00. The van der Waals surface area contributed by atoms with Crippen molar-refractivity contribution in [3.63, 3.8) is 0 Å². The Morgan fingerprint density at radius 2 is 1.80 bits per heavy atom. The summed E-state index contributed by atoms with van der Waals surface area (Å²) < 4.78 is 0. The van der Waals surface area contributed by atoms with Crippen LogP contribution in [0.5, 0.6) is 0 Å². The van der Waals surface area contributed by atoms with E-state index in [1.165, 1.54) is 5.56 Å². The molecule has 0 aromatic heterocycles. The molecule has 3 heteroatoms. The fourth-order valence-corrected chi connectivity index (χ4v) is 2.06. The van der Waals surface area contributed by atoms with Crippen LogP contribution in [-0.2, 0) is 0 Å². The molecule has 0 bridgehead atoms. The summed E-state index contributed by atoms with van der Waals surface area (Å²) in [5, 5.41) is 13.5. The van der Waals surface area contributed by atoms with Crippen LogP contribution in [0.4, 0.5) is 11.4 Å². The fourth-order valence-electron chi connectivity index (χ4n) is 2.06. The molecule has 0 aliphatic rings. The number of hydrogen-bond acceptors (Lipinski definition) is 3. The highest BCUT2D eigenvalue weighted by Gasteiger charge is 2.08. The number of rotatable bonds is 5. The molecule has 106 valence electrons. The molecule has 2 rings (SSSR count). The molecule has 0 aliphatic heterocycles. The first-order chi connectivity index (χ1) is 9.56. The normalized spacial score (nSPS) is 12.2. The molecule has 2 aromatic rings. The van der Waals surface area contributed by atoms with E-state index in [0.717, 1.165) is 29.0 Å². The van der Waals surface area contributed by atoms with E-state index in [1.54, 1.807) is 0 Å². The second-order valence-electron chi connectivity index (χ2n) is 5.21. The Morgan fingerprint density at radius 1 is 1.10 bits per heavy atom. The van der Waals surface area contributed by atoms with Gasteiger partial charge in [0.25, 0.3) is 0 Å². The lowest BCUT2D eigenvalue weighted by Crippen LogP contribution is -2.08. The summed E-state index contributed by atoms with van der Waals surface area (Å²) >= 11 is 0. The van der Waals surface area contributed by atoms with Gasteiger partial charge in [0, 0.05) is 17.9 Å². The molecule has 0 spiro atoms. The SMILES string of the molecule is Cc1ccc(NCCC(O)c2ccc(C)c(N)c2)cc1. The van der Waals surface area contributed by atoms with Crippen LogP contribution in [0.15, 0.2) is 42.5 Å². The molecule has 1 unspecified atom stereocenters. The first-order valence-corrected chi connectivity index (χ1v) is 6.91. The van der Waals surface area contributed by atoms with E-state index in [0.29, 0.717) is 6.42 Å². The zero-order valence-electron chi connectivity index (χ0n) is 12.1. The summed E-state index contributed by atoms with van der Waals surface area (Å²) in [7, 11) is 0. The maximum absolute atomic E-state index is 10.2. The lowest BCUT2D eigenvalue weighted by molar-refractivity contribution is 0.171. The van der Waals surface area contributed by atoms with Gasteiger partial charge in [-0.05, 0) is 49.6 Å². The largest absolute Gasteiger partial charge is 0.399 e. The minimum atomic E-state index is -0.490. The van der Waals surface area contributed by atoms with Crippen molar-refractivity contribution in [2.75, 3.05) is 17.6 Å². The first-order valence-electron chi connectivity index (χ1n) is 6.91. The molecule has 0 saturated carbocycles. The number of aryl methyl sites for hydroxylation is 2. The number of aliphatic hydroxyl groups excluding tert-OH is 1. The monoisotopic (exact) mass is 270 g/mol. The maximum atomic E-state index is 10.2. The van der Waals surface area contributed by atoms with E-state index in [1.807, 2.05) is 37.3 Å². The van der Waals surface area contributed by atoms with Crippen LogP contribution < -0.4 is 11.1 Å². The zero-order chi connectivity index (χ0) is 14.5. The van der Waals surface area contributed by atoms with Crippen LogP contribution in [0.1, 0.15) is 29.2 Å². The van der Waals surface area contributed by atoms with Crippen molar-refractivity contribution in [1.29, 1.82) is 0 Å². The molecule has 20 heavy (non-hydrogen) atoms. The molecule has 0 saturated heterocycles. The van der Waals surface area contributed by atoms with Gasteiger partial charge in [0.2, 0.25) is 0 Å². The highest BCUT2D eigenvalue weighted by atomic mass is 16.3. The third kappa shape index (κ3) is 3.75. The molecule has 0 heterocycles. The molecule has 0 amide bonds. The summed E-state index contributed by atoms with van der Waals surface area (Å²) in [5.74, 6) is 0. The summed E-state index contributed by atoms with van der Waals surface area (Å²) in [6.45, 7) is 4.75. The van der Waals surface area contributed by atoms with Crippen LogP contribution in [0.2, 0.25) is 0 Å². The lowest BCUT2D eigenvalue weighted by atomic mass is 10.0. The highest BCUT2D eigenvalue weighted by Crippen LogP contribution is 2.21. The Kier molecular flexibility index (Phi) is 4.64. The van der Waals surface area contributed by atoms with Gasteiger partial charge in [-0.15, -0.1) is 0 Å². The molecule has 4 N–H and O–H groups in total. The van der Waals surface area contributed by atoms with Gasteiger partial charge in [0.1, 0.15) is 0 Å². The Bertz CT molecular complexity index is 564. The van der Waals surface area contributed by atoms with Crippen molar-refractivity contribution >= 4 is 11.4 Å². The third-order valence-corrected chi connectivity index (χ3v) is 3.49. The number of nitrogen functional groups attached to an aromatic ring is 1. The van der Waals surface area contributed by atoms with Crippen molar-refractivity contribution in [3.8, 4) is 0 Å². The highest BCUT2D eigenvalue weighted by molar-refractivity contribution is 5.49. The van der Waals surface area contributed by atoms with Crippen LogP contribution in [0, 0.1) is 13.8 Å². The van der Waals surface area contributed by atoms with Crippen LogP contribution >= 0.6 is 0 Å². The Morgan fingerprint density at radius 3 is 2.45 bits per heavy atom. The molecular weight excluding hydrogens is 248 g/mol. The zero-order valence-corrected chi connectivity index (χ0v) is 12.1. The predicted molar refractivity (Wildman–Crippen MR) is 84.8 cm³/mol. The van der Waals surface area contributed by atoms with E-state index >= 15 is 0 Å². The van der Waals surface area contributed by atoms with E-state index < -0.39 is 6.10 Å². The average Bonchev–Trinajstić information content (AvgIpc) is 2.44. The second-order valence-corrected chi connectivity index (χ2v) is 5.21. The van der Waals surface area contributed by atoms with Crippen LogP contribution in [0.3, 0.4) is 0 Å². The van der Waals surface area contributed by atoms with Gasteiger partial charge in [-0.25, -0.2) is 0 Å². The predicted octanol–water partition coefficient (Wildman–Crippen LogP) is 3.42. The third-order valence-electron chi connectivity index (χ3n) is 3.49. The smallest absolute Gasteiger partial charge is 0.0807 e. The molecule has 0 fully saturated rings. The van der Waals surface area contributed by atoms with E-state index in [9.17, 15) is 5.11 Å². The Labute approximate surface area is 120 Å². The first kappa shape index (κ1) is 14.4. The lowest BCUT2D eigenvalue weighted by Gasteiger charge is -2.14. The molecule has 2 aromatic carbocycles. The Balaban J connectivity index is 1.87. The van der Waals surface area contributed by atoms with Crippen LogP contribution in [0.25, 0.3) is 0 Å². The quantitative estimate of drug-likeness (QED) is 0.730. The van der Waals surface area contributed by atoms with Gasteiger partial charge in [-0.3, -0.25) is 0 Å². The number of nitrogens with two attached hydrogens (primary N) is 1. The number of nitrogens with one attached hydrogen (secondary N) is 1. The molecule has 0 radical (unpaired) electrons. The van der Waals surface area contributed by atoms with Gasteiger partial charge in [-0.1, -0.05) is 29.8 Å². The van der Waals surface area contributed by atoms with Crippen molar-refractivity contribution in [2.24, 2.45) is 0 Å². The molecule has 0 aliphatic carbocycles. The van der Waals surface area contributed by atoms with E-state index in [-0.39, 0.29) is 0 Å². The van der Waals surface area contributed by atoms with Crippen molar-refractivity contribution < 1.29 is 5.11 Å². The molecular formula is C17H22N2O. The van der Waals surface area contributed by atoms with Gasteiger partial charge in [0.15, 0.2) is 0 Å². The van der Waals surface area contributed by atoms with Gasteiger partial charge < -0.3 is 16.2 Å². The number of aliphatic hydroxyl groups is 1. The number of hydrogen-bond donors (Lipinski definition) is 3. The maximum Gasteiger partial charge on any atom is 0.0807 e. The minimum Gasteiger partial charge on any atom is -0.399 e. The van der Waals surface area contributed by atoms with Crippen LogP contribution in [-0.4, -0.2) is 11.7 Å². The van der Waals surface area contributed by atoms with Gasteiger partial charge in [-0.2, -0.15) is 0 Å². The van der Waals surface area contributed by atoms with E-state index in [2.05, 4.69) is 24.4 Å². The standard InChI is InChI=1S/C17H22N2O/c1-12-3-7-15(8-4-12)19-10-9-17(20)14-6-5-13(2)16(18)11-14/h3-8,11,17,19-20H,9-10,18H2,1-2H3. The number of anilines is 2. The summed E-state index contributed by atoms with van der Waals surface area (Å²) in [6.07, 6.45) is 0.159. The van der Waals surface area contributed by atoms with Gasteiger partial charge >= 0.3 is 0 Å². The van der Waals surface area contributed by atoms with Crippen molar-refractivity contribution in [2.45, 2.75) is 26.4 Å². The summed E-state index contributed by atoms with van der Waals surface area (Å²) in [5.41, 5.74) is 10.8. The number of benzene rings is 2. The summed E-state index contributed by atoms with van der Waals surface area (Å²) in [6, 6.07) is 14.0. The average molecular weight is 270 g/mol. The van der Waals surface area contributed by atoms with Gasteiger partial charge in [0.05, 0.1) is 6.10 Å². The summed E-state index contributed by atoms with van der Waals surface area (Å²) in [4.78, 5) is 0. The topological polar surface area (TPSA) is 58.3 Å². The second kappa shape index (κ2) is 6.44. The fraction of sp³-hybridized carbons (Fsp3) is 0.294. The molecule has 3 nitrogen and oxygen atoms in total.